The quantitative estimate of drug-likeness (QED) is 0.850. The molecule has 0 saturated heterocycles. The molecule has 2 aromatic rings. The third-order valence-corrected chi connectivity index (χ3v) is 4.98. The Bertz CT molecular complexity index is 654. The van der Waals surface area contributed by atoms with E-state index in [9.17, 15) is 12.8 Å². The number of sulfonamides is 1. The van der Waals surface area contributed by atoms with Crippen LogP contribution in [0.25, 0.3) is 0 Å². The van der Waals surface area contributed by atoms with Crippen molar-refractivity contribution in [2.24, 2.45) is 0 Å². The van der Waals surface area contributed by atoms with Gasteiger partial charge in [0.15, 0.2) is 0 Å². The molecule has 2 rings (SSSR count). The zero-order chi connectivity index (χ0) is 15.3. The molecule has 1 aromatic heterocycles. The number of ether oxygens (including phenoxy) is 1. The van der Waals surface area contributed by atoms with Gasteiger partial charge in [-0.25, -0.2) is 17.5 Å². The van der Waals surface area contributed by atoms with E-state index in [-0.39, 0.29) is 24.2 Å². The maximum Gasteiger partial charge on any atom is 0.215 e. The first-order chi connectivity index (χ1) is 10.00. The van der Waals surface area contributed by atoms with Gasteiger partial charge in [0.2, 0.25) is 10.0 Å². The van der Waals surface area contributed by atoms with Crippen LogP contribution in [-0.2, 0) is 20.5 Å². The van der Waals surface area contributed by atoms with Crippen LogP contribution in [0, 0.1) is 5.82 Å². The summed E-state index contributed by atoms with van der Waals surface area (Å²) in [4.78, 5) is 0. The molecule has 1 atom stereocenters. The van der Waals surface area contributed by atoms with Gasteiger partial charge in [-0.1, -0.05) is 12.1 Å². The first-order valence-electron chi connectivity index (χ1n) is 6.27. The molecule has 0 bridgehead atoms. The maximum absolute atomic E-state index is 12.8. The number of thiophene rings is 1. The van der Waals surface area contributed by atoms with Crippen molar-refractivity contribution < 1.29 is 17.5 Å². The lowest BCUT2D eigenvalue weighted by Crippen LogP contribution is -2.30. The van der Waals surface area contributed by atoms with Crippen molar-refractivity contribution in [3.8, 4) is 0 Å². The van der Waals surface area contributed by atoms with Gasteiger partial charge in [-0.15, -0.1) is 0 Å². The Balaban J connectivity index is 1.96. The van der Waals surface area contributed by atoms with E-state index in [2.05, 4.69) is 4.72 Å². The van der Waals surface area contributed by atoms with E-state index in [1.165, 1.54) is 42.7 Å². The second kappa shape index (κ2) is 7.13. The Morgan fingerprint density at radius 2 is 2.00 bits per heavy atom. The van der Waals surface area contributed by atoms with E-state index in [0.717, 1.165) is 5.56 Å². The predicted molar refractivity (Wildman–Crippen MR) is 81.1 cm³/mol. The molecular formula is C14H16FNO3S2. The third-order valence-electron chi connectivity index (χ3n) is 2.96. The number of methoxy groups -OCH3 is 1. The van der Waals surface area contributed by atoms with Crippen molar-refractivity contribution in [3.63, 3.8) is 0 Å². The van der Waals surface area contributed by atoms with Crippen LogP contribution in [0.15, 0.2) is 41.1 Å². The summed E-state index contributed by atoms with van der Waals surface area (Å²) in [7, 11) is -1.95. The average Bonchev–Trinajstić information content (AvgIpc) is 2.96. The summed E-state index contributed by atoms with van der Waals surface area (Å²) in [5.41, 5.74) is 1.47. The van der Waals surface area contributed by atoms with Gasteiger partial charge >= 0.3 is 0 Å². The van der Waals surface area contributed by atoms with Crippen molar-refractivity contribution in [2.45, 2.75) is 11.9 Å². The molecule has 7 heteroatoms. The third kappa shape index (κ3) is 4.89. The average molecular weight is 329 g/mol. The van der Waals surface area contributed by atoms with E-state index in [0.29, 0.717) is 5.56 Å². The van der Waals surface area contributed by atoms with Crippen LogP contribution in [0.1, 0.15) is 17.2 Å². The van der Waals surface area contributed by atoms with E-state index < -0.39 is 10.0 Å². The fourth-order valence-electron chi connectivity index (χ4n) is 1.85. The SMILES string of the molecule is COC(CNS(=O)(=O)Cc1ccc(F)cc1)c1ccsc1. The number of hydrogen-bond donors (Lipinski definition) is 1. The number of rotatable bonds is 7. The molecule has 1 N–H and O–H groups in total. The Hall–Kier alpha value is -1.28. The fraction of sp³-hybridized carbons (Fsp3) is 0.286. The fourth-order valence-corrected chi connectivity index (χ4v) is 3.69. The first kappa shape index (κ1) is 16.1. The smallest absolute Gasteiger partial charge is 0.215 e. The predicted octanol–water partition coefficient (Wildman–Crippen LogP) is 2.69. The molecule has 4 nitrogen and oxygen atoms in total. The molecule has 0 aliphatic rings. The van der Waals surface area contributed by atoms with Crippen LogP contribution >= 0.6 is 11.3 Å². The summed E-state index contributed by atoms with van der Waals surface area (Å²) in [6, 6.07) is 7.30. The van der Waals surface area contributed by atoms with Crippen molar-refractivity contribution in [3.05, 3.63) is 58.0 Å². The van der Waals surface area contributed by atoms with Crippen molar-refractivity contribution >= 4 is 21.4 Å². The second-order valence-corrected chi connectivity index (χ2v) is 7.10. The van der Waals surface area contributed by atoms with Gasteiger partial charge in [-0.2, -0.15) is 11.3 Å². The van der Waals surface area contributed by atoms with Crippen LogP contribution in [0.5, 0.6) is 0 Å². The molecule has 0 saturated carbocycles. The lowest BCUT2D eigenvalue weighted by molar-refractivity contribution is 0.107. The van der Waals surface area contributed by atoms with Crippen LogP contribution in [0.3, 0.4) is 0 Å². The summed E-state index contributed by atoms with van der Waals surface area (Å²) in [5.74, 6) is -0.575. The minimum absolute atomic E-state index is 0.163. The van der Waals surface area contributed by atoms with E-state index in [1.54, 1.807) is 0 Å². The topological polar surface area (TPSA) is 55.4 Å². The molecule has 0 aliphatic carbocycles. The first-order valence-corrected chi connectivity index (χ1v) is 8.86. The molecule has 0 fully saturated rings. The number of hydrogen-bond acceptors (Lipinski definition) is 4. The van der Waals surface area contributed by atoms with Crippen LogP contribution in [0.2, 0.25) is 0 Å². The summed E-state index contributed by atoms with van der Waals surface area (Å²) < 4.78 is 44.6. The van der Waals surface area contributed by atoms with Crippen LogP contribution in [0.4, 0.5) is 4.39 Å². The standard InChI is InChI=1S/C14H16FNO3S2/c1-19-14(12-6-7-20-9-12)8-16-21(17,18)10-11-2-4-13(15)5-3-11/h2-7,9,14,16H,8,10H2,1H3. The Labute approximate surface area is 127 Å². The van der Waals surface area contributed by atoms with E-state index in [4.69, 9.17) is 4.74 Å². The molecule has 1 heterocycles. The van der Waals surface area contributed by atoms with E-state index >= 15 is 0 Å². The highest BCUT2D eigenvalue weighted by atomic mass is 32.2. The van der Waals surface area contributed by atoms with Crippen molar-refractivity contribution in [2.75, 3.05) is 13.7 Å². The lowest BCUT2D eigenvalue weighted by atomic mass is 10.2. The minimum atomic E-state index is -3.49. The normalized spacial score (nSPS) is 13.2. The molecule has 0 spiro atoms. The van der Waals surface area contributed by atoms with Gasteiger partial charge in [0.05, 0.1) is 11.9 Å². The highest BCUT2D eigenvalue weighted by Crippen LogP contribution is 2.19. The van der Waals surface area contributed by atoms with Gasteiger partial charge < -0.3 is 4.74 Å². The Morgan fingerprint density at radius 3 is 2.57 bits per heavy atom. The molecular weight excluding hydrogens is 313 g/mol. The Kier molecular flexibility index (Phi) is 5.46. The highest BCUT2D eigenvalue weighted by molar-refractivity contribution is 7.88. The van der Waals surface area contributed by atoms with Crippen LogP contribution < -0.4 is 4.72 Å². The number of halogens is 1. The van der Waals surface area contributed by atoms with Crippen LogP contribution in [-0.4, -0.2) is 22.1 Å². The van der Waals surface area contributed by atoms with Gasteiger partial charge in [0, 0.05) is 13.7 Å². The number of nitrogens with one attached hydrogen (secondary N) is 1. The van der Waals surface area contributed by atoms with Gasteiger partial charge in [-0.3, -0.25) is 0 Å². The largest absolute Gasteiger partial charge is 0.375 e. The van der Waals surface area contributed by atoms with Gasteiger partial charge in [-0.05, 0) is 40.1 Å². The molecule has 21 heavy (non-hydrogen) atoms. The molecule has 0 amide bonds. The summed E-state index contributed by atoms with van der Waals surface area (Å²) in [6.45, 7) is 0.163. The maximum atomic E-state index is 12.8. The lowest BCUT2D eigenvalue weighted by Gasteiger charge is -2.15. The molecule has 114 valence electrons. The zero-order valence-electron chi connectivity index (χ0n) is 11.5. The van der Waals surface area contributed by atoms with Crippen molar-refractivity contribution in [1.29, 1.82) is 0 Å². The summed E-state index contributed by atoms with van der Waals surface area (Å²) >= 11 is 1.53. The van der Waals surface area contributed by atoms with Gasteiger partial charge in [0.1, 0.15) is 5.82 Å². The zero-order valence-corrected chi connectivity index (χ0v) is 13.1. The van der Waals surface area contributed by atoms with Gasteiger partial charge in [0.25, 0.3) is 0 Å². The molecule has 0 radical (unpaired) electrons. The second-order valence-electron chi connectivity index (χ2n) is 4.52. The molecule has 1 aromatic carbocycles. The van der Waals surface area contributed by atoms with Crippen molar-refractivity contribution in [1.82, 2.24) is 4.72 Å². The summed E-state index contributed by atoms with van der Waals surface area (Å²) in [6.07, 6.45) is -0.320. The Morgan fingerprint density at radius 1 is 1.29 bits per heavy atom. The molecule has 0 aliphatic heterocycles. The molecule has 1 unspecified atom stereocenters. The monoisotopic (exact) mass is 329 g/mol. The number of benzene rings is 1. The highest BCUT2D eigenvalue weighted by Gasteiger charge is 2.16. The van der Waals surface area contributed by atoms with E-state index in [1.807, 2.05) is 16.8 Å². The summed E-state index contributed by atoms with van der Waals surface area (Å²) in [5, 5.41) is 3.83. The minimum Gasteiger partial charge on any atom is -0.375 e.